The van der Waals surface area contributed by atoms with Crippen molar-refractivity contribution in [2.75, 3.05) is 13.7 Å². The van der Waals surface area contributed by atoms with Crippen LogP contribution in [0.2, 0.25) is 0 Å². The summed E-state index contributed by atoms with van der Waals surface area (Å²) in [6.45, 7) is 5.18. The van der Waals surface area contributed by atoms with Crippen molar-refractivity contribution in [1.82, 2.24) is 10.3 Å². The zero-order valence-corrected chi connectivity index (χ0v) is 13.7. The molecule has 112 valence electrons. The van der Waals surface area contributed by atoms with Gasteiger partial charge in [-0.1, -0.05) is 12.8 Å². The fraction of sp³-hybridized carbons (Fsp3) is 0.812. The fourth-order valence-electron chi connectivity index (χ4n) is 4.13. The maximum atomic E-state index is 6.18. The Morgan fingerprint density at radius 1 is 1.35 bits per heavy atom. The van der Waals surface area contributed by atoms with Crippen LogP contribution in [0.15, 0.2) is 0 Å². The Kier molecular flexibility index (Phi) is 4.16. The van der Waals surface area contributed by atoms with E-state index in [0.29, 0.717) is 12.0 Å². The minimum atomic E-state index is 0.200. The highest BCUT2D eigenvalue weighted by molar-refractivity contribution is 7.11. The first kappa shape index (κ1) is 14.5. The van der Waals surface area contributed by atoms with Gasteiger partial charge in [0.25, 0.3) is 0 Å². The van der Waals surface area contributed by atoms with E-state index in [2.05, 4.69) is 31.2 Å². The van der Waals surface area contributed by atoms with E-state index in [1.165, 1.54) is 54.1 Å². The SMILES string of the molecule is CNC(c1sc(C)nc1C)C1CCOC2(CCCC2)C1. The lowest BCUT2D eigenvalue weighted by Crippen LogP contribution is -2.41. The average molecular weight is 294 g/mol. The summed E-state index contributed by atoms with van der Waals surface area (Å²) in [6, 6.07) is 0.447. The van der Waals surface area contributed by atoms with Crippen molar-refractivity contribution in [1.29, 1.82) is 0 Å². The molecule has 1 aliphatic carbocycles. The third kappa shape index (κ3) is 2.66. The number of thiazole rings is 1. The molecule has 4 heteroatoms. The molecule has 20 heavy (non-hydrogen) atoms. The monoisotopic (exact) mass is 294 g/mol. The van der Waals surface area contributed by atoms with Crippen LogP contribution in [0.1, 0.15) is 60.1 Å². The summed E-state index contributed by atoms with van der Waals surface area (Å²) in [5.74, 6) is 0.686. The molecule has 1 N–H and O–H groups in total. The Balaban J connectivity index is 1.80. The maximum Gasteiger partial charge on any atom is 0.0900 e. The third-order valence-electron chi connectivity index (χ3n) is 5.05. The van der Waals surface area contributed by atoms with Crippen LogP contribution >= 0.6 is 11.3 Å². The molecule has 0 bridgehead atoms. The number of hydrogen-bond acceptors (Lipinski definition) is 4. The minimum absolute atomic E-state index is 0.200. The first-order valence-electron chi connectivity index (χ1n) is 7.89. The number of aromatic nitrogens is 1. The predicted octanol–water partition coefficient (Wildman–Crippen LogP) is 3.76. The number of aryl methyl sites for hydroxylation is 2. The van der Waals surface area contributed by atoms with Gasteiger partial charge >= 0.3 is 0 Å². The predicted molar refractivity (Wildman–Crippen MR) is 83.3 cm³/mol. The number of nitrogens with one attached hydrogen (secondary N) is 1. The Morgan fingerprint density at radius 3 is 2.70 bits per heavy atom. The lowest BCUT2D eigenvalue weighted by Gasteiger charge is -2.41. The van der Waals surface area contributed by atoms with E-state index in [-0.39, 0.29) is 5.60 Å². The van der Waals surface area contributed by atoms with Crippen LogP contribution < -0.4 is 5.32 Å². The minimum Gasteiger partial charge on any atom is -0.375 e. The molecule has 1 saturated carbocycles. The molecule has 1 saturated heterocycles. The van der Waals surface area contributed by atoms with Crippen LogP contribution in [0.5, 0.6) is 0 Å². The van der Waals surface area contributed by atoms with Gasteiger partial charge in [0.05, 0.1) is 16.3 Å². The first-order chi connectivity index (χ1) is 9.63. The van der Waals surface area contributed by atoms with Crippen LogP contribution in [0, 0.1) is 19.8 Å². The second-order valence-corrected chi connectivity index (χ2v) is 7.68. The van der Waals surface area contributed by atoms with E-state index in [1.807, 2.05) is 11.3 Å². The number of hydrogen-bond donors (Lipinski definition) is 1. The lowest BCUT2D eigenvalue weighted by atomic mass is 9.80. The van der Waals surface area contributed by atoms with Gasteiger partial charge in [-0.05, 0) is 52.5 Å². The van der Waals surface area contributed by atoms with Crippen LogP contribution in [0.3, 0.4) is 0 Å². The Hall–Kier alpha value is -0.450. The molecule has 1 aliphatic heterocycles. The summed E-state index contributed by atoms with van der Waals surface area (Å²) in [6.07, 6.45) is 7.60. The molecule has 0 radical (unpaired) electrons. The molecule has 2 atom stereocenters. The van der Waals surface area contributed by atoms with Gasteiger partial charge in [-0.2, -0.15) is 0 Å². The van der Waals surface area contributed by atoms with Gasteiger partial charge in [0, 0.05) is 17.5 Å². The van der Waals surface area contributed by atoms with Crippen molar-refractivity contribution in [2.24, 2.45) is 5.92 Å². The Labute approximate surface area is 126 Å². The van der Waals surface area contributed by atoms with Crippen LogP contribution in [0.4, 0.5) is 0 Å². The topological polar surface area (TPSA) is 34.2 Å². The molecule has 0 aromatic carbocycles. The van der Waals surface area contributed by atoms with Gasteiger partial charge in [-0.15, -0.1) is 11.3 Å². The molecule has 2 unspecified atom stereocenters. The molecular formula is C16H26N2OS. The quantitative estimate of drug-likeness (QED) is 0.921. The maximum absolute atomic E-state index is 6.18. The van der Waals surface area contributed by atoms with E-state index in [9.17, 15) is 0 Å². The summed E-state index contributed by atoms with van der Waals surface area (Å²) < 4.78 is 6.18. The number of rotatable bonds is 3. The lowest BCUT2D eigenvalue weighted by molar-refractivity contribution is -0.0977. The van der Waals surface area contributed by atoms with Crippen molar-refractivity contribution >= 4 is 11.3 Å². The fourth-order valence-corrected chi connectivity index (χ4v) is 5.27. The van der Waals surface area contributed by atoms with E-state index in [1.54, 1.807) is 0 Å². The molecular weight excluding hydrogens is 268 g/mol. The first-order valence-corrected chi connectivity index (χ1v) is 8.70. The zero-order chi connectivity index (χ0) is 14.2. The van der Waals surface area contributed by atoms with Crippen LogP contribution in [0.25, 0.3) is 0 Å². The summed E-state index contributed by atoms with van der Waals surface area (Å²) in [5, 5.41) is 4.74. The largest absolute Gasteiger partial charge is 0.375 e. The highest BCUT2D eigenvalue weighted by Gasteiger charge is 2.42. The summed E-state index contributed by atoms with van der Waals surface area (Å²) in [5.41, 5.74) is 1.41. The second kappa shape index (κ2) is 5.74. The van der Waals surface area contributed by atoms with Crippen molar-refractivity contribution in [2.45, 2.75) is 64.0 Å². The molecule has 2 aliphatic rings. The van der Waals surface area contributed by atoms with Gasteiger partial charge in [-0.25, -0.2) is 4.98 Å². The van der Waals surface area contributed by atoms with Crippen molar-refractivity contribution in [3.8, 4) is 0 Å². The highest BCUT2D eigenvalue weighted by Crippen LogP contribution is 2.46. The Bertz CT molecular complexity index is 465. The molecule has 1 aromatic rings. The zero-order valence-electron chi connectivity index (χ0n) is 12.9. The summed E-state index contributed by atoms with van der Waals surface area (Å²) >= 11 is 1.86. The highest BCUT2D eigenvalue weighted by atomic mass is 32.1. The van der Waals surface area contributed by atoms with Crippen LogP contribution in [-0.2, 0) is 4.74 Å². The van der Waals surface area contributed by atoms with E-state index in [4.69, 9.17) is 4.74 Å². The molecule has 3 rings (SSSR count). The Morgan fingerprint density at radius 2 is 2.10 bits per heavy atom. The molecule has 2 fully saturated rings. The van der Waals surface area contributed by atoms with Gasteiger partial charge in [0.15, 0.2) is 0 Å². The molecule has 1 aromatic heterocycles. The standard InChI is InChI=1S/C16H26N2OS/c1-11-15(20-12(2)18-11)14(17-3)13-6-9-19-16(10-13)7-4-5-8-16/h13-14,17H,4-10H2,1-3H3. The number of ether oxygens (including phenoxy) is 1. The molecule has 3 nitrogen and oxygen atoms in total. The molecule has 0 amide bonds. The smallest absolute Gasteiger partial charge is 0.0900 e. The van der Waals surface area contributed by atoms with E-state index >= 15 is 0 Å². The van der Waals surface area contributed by atoms with Crippen molar-refractivity contribution in [3.63, 3.8) is 0 Å². The number of nitrogens with zero attached hydrogens (tertiary/aromatic N) is 1. The average Bonchev–Trinajstić information content (AvgIpc) is 2.99. The molecule has 2 heterocycles. The van der Waals surface area contributed by atoms with Gasteiger partial charge in [0.1, 0.15) is 0 Å². The van der Waals surface area contributed by atoms with Crippen LogP contribution in [-0.4, -0.2) is 24.2 Å². The molecule has 1 spiro atoms. The van der Waals surface area contributed by atoms with Crippen molar-refractivity contribution < 1.29 is 4.74 Å². The van der Waals surface area contributed by atoms with E-state index in [0.717, 1.165) is 6.61 Å². The van der Waals surface area contributed by atoms with Crippen molar-refractivity contribution in [3.05, 3.63) is 15.6 Å². The third-order valence-corrected chi connectivity index (χ3v) is 6.21. The summed E-state index contributed by atoms with van der Waals surface area (Å²) in [4.78, 5) is 6.05. The normalized spacial score (nSPS) is 27.1. The van der Waals surface area contributed by atoms with Gasteiger partial charge in [0.2, 0.25) is 0 Å². The van der Waals surface area contributed by atoms with E-state index < -0.39 is 0 Å². The van der Waals surface area contributed by atoms with Gasteiger partial charge < -0.3 is 10.1 Å². The van der Waals surface area contributed by atoms with Gasteiger partial charge in [-0.3, -0.25) is 0 Å². The summed E-state index contributed by atoms with van der Waals surface area (Å²) in [7, 11) is 2.09. The second-order valence-electron chi connectivity index (χ2n) is 6.44.